The molecule has 0 aliphatic carbocycles. The Bertz CT molecular complexity index is 148. The molecule has 0 saturated heterocycles. The van der Waals surface area contributed by atoms with Crippen molar-refractivity contribution in [2.24, 2.45) is 4.99 Å². The van der Waals surface area contributed by atoms with Gasteiger partial charge in [0.2, 0.25) is 0 Å². The van der Waals surface area contributed by atoms with Crippen LogP contribution in [0.4, 0.5) is 0 Å². The highest BCUT2D eigenvalue weighted by Gasteiger charge is 2.13. The quantitative estimate of drug-likeness (QED) is 0.427. The highest BCUT2D eigenvalue weighted by Crippen LogP contribution is 2.05. The Morgan fingerprint density at radius 1 is 1.67 bits per heavy atom. The van der Waals surface area contributed by atoms with Gasteiger partial charge >= 0.3 is 0 Å². The molecular weight excluding hydrogens is 180 g/mol. The predicted molar refractivity (Wildman–Crippen MR) is 34.0 cm³/mol. The largest absolute Gasteiger partial charge is 1.00 e. The van der Waals surface area contributed by atoms with E-state index in [4.69, 9.17) is 0 Å². The van der Waals surface area contributed by atoms with Gasteiger partial charge in [-0.2, -0.15) is 0 Å². The Kier molecular flexibility index (Phi) is 2.81. The van der Waals surface area contributed by atoms with Crippen molar-refractivity contribution in [1.29, 1.82) is 0 Å². The molecule has 1 unspecified atom stereocenters. The van der Waals surface area contributed by atoms with Gasteiger partial charge in [-0.3, -0.25) is 0 Å². The third-order valence-electron chi connectivity index (χ3n) is 1.18. The van der Waals surface area contributed by atoms with Crippen LogP contribution >= 0.6 is 0 Å². The molecule has 0 spiro atoms. The summed E-state index contributed by atoms with van der Waals surface area (Å²) in [6.07, 6.45) is 7.34. The molecule has 1 aliphatic heterocycles. The molecule has 9 heavy (non-hydrogen) atoms. The van der Waals surface area contributed by atoms with E-state index in [2.05, 4.69) is 11.6 Å². The van der Waals surface area contributed by atoms with Gasteiger partial charge in [0.15, 0.2) is 6.34 Å². The van der Waals surface area contributed by atoms with Crippen molar-refractivity contribution >= 4 is 6.34 Å². The Morgan fingerprint density at radius 3 is 2.56 bits per heavy atom. The van der Waals surface area contributed by atoms with Crippen LogP contribution in [0.5, 0.6) is 0 Å². The fourth-order valence-corrected chi connectivity index (χ4v) is 0.511. The summed E-state index contributed by atoms with van der Waals surface area (Å²) >= 11 is 0. The maximum Gasteiger partial charge on any atom is 0.199 e. The molecule has 50 valence electrons. The maximum absolute atomic E-state index is 3.90. The molecule has 0 bridgehead atoms. The Balaban J connectivity index is 0.000000640. The van der Waals surface area contributed by atoms with Crippen molar-refractivity contribution in [2.75, 3.05) is 7.05 Å². The molecule has 1 rings (SSSR count). The van der Waals surface area contributed by atoms with Crippen molar-refractivity contribution in [3.8, 4) is 0 Å². The van der Waals surface area contributed by atoms with Gasteiger partial charge in [-0.15, -0.1) is 0 Å². The molecule has 0 fully saturated rings. The summed E-state index contributed by atoms with van der Waals surface area (Å²) in [6, 6.07) is 0. The van der Waals surface area contributed by atoms with Crippen LogP contribution in [-0.4, -0.2) is 17.9 Å². The zero-order chi connectivity index (χ0) is 6.04. The fourth-order valence-electron chi connectivity index (χ4n) is 0.511. The van der Waals surface area contributed by atoms with Crippen LogP contribution in [0.2, 0.25) is 0 Å². The average molecular weight is 189 g/mol. The monoisotopic (exact) mass is 188 g/mol. The van der Waals surface area contributed by atoms with E-state index in [1.807, 2.05) is 25.8 Å². The van der Waals surface area contributed by atoms with E-state index in [1.165, 1.54) is 0 Å². The van der Waals surface area contributed by atoms with Crippen LogP contribution in [0.3, 0.4) is 0 Å². The lowest BCUT2D eigenvalue weighted by Crippen LogP contribution is -3.00. The van der Waals surface area contributed by atoms with Crippen LogP contribution in [0.15, 0.2) is 30.2 Å². The Labute approximate surface area is 65.6 Å². The summed E-state index contributed by atoms with van der Waals surface area (Å²) in [6.45, 7) is 3.64. The Hall–Kier alpha value is -0.410. The molecule has 0 amide bonds. The van der Waals surface area contributed by atoms with Gasteiger partial charge in [0.05, 0.1) is 19.4 Å². The molecule has 0 saturated carbocycles. The standard InChI is InChI=1S/C6H9N2.BrH/c1-3-8(2)5-4-7-6-8;/h3-6H,1H2,2H3;1H/q+1;/p-1. The van der Waals surface area contributed by atoms with Gasteiger partial charge in [-0.05, 0) is 6.58 Å². The third-order valence-corrected chi connectivity index (χ3v) is 1.18. The van der Waals surface area contributed by atoms with E-state index in [1.54, 1.807) is 6.20 Å². The lowest BCUT2D eigenvalue weighted by molar-refractivity contribution is -0.696. The van der Waals surface area contributed by atoms with Gasteiger partial charge in [-0.25, -0.2) is 9.48 Å². The summed E-state index contributed by atoms with van der Waals surface area (Å²) in [5.74, 6) is 0. The smallest absolute Gasteiger partial charge is 0.199 e. The number of nitrogens with zero attached hydrogens (tertiary/aromatic N) is 2. The molecule has 2 nitrogen and oxygen atoms in total. The third kappa shape index (κ3) is 1.77. The second-order valence-corrected chi connectivity index (χ2v) is 1.97. The molecule has 3 heteroatoms. The molecule has 1 heterocycles. The lowest BCUT2D eigenvalue weighted by Gasteiger charge is -2.13. The van der Waals surface area contributed by atoms with E-state index in [-0.39, 0.29) is 17.0 Å². The molecular formula is C6H9BrN2. The molecule has 0 aromatic rings. The van der Waals surface area contributed by atoms with Gasteiger partial charge in [0.1, 0.15) is 6.20 Å². The first-order valence-corrected chi connectivity index (χ1v) is 2.48. The van der Waals surface area contributed by atoms with Gasteiger partial charge in [0, 0.05) is 0 Å². The van der Waals surface area contributed by atoms with Crippen molar-refractivity contribution in [1.82, 2.24) is 0 Å². The zero-order valence-corrected chi connectivity index (χ0v) is 6.87. The topological polar surface area (TPSA) is 12.4 Å². The average Bonchev–Trinajstić information content (AvgIpc) is 2.17. The van der Waals surface area contributed by atoms with E-state index in [9.17, 15) is 0 Å². The van der Waals surface area contributed by atoms with Gasteiger partial charge in [0.25, 0.3) is 0 Å². The summed E-state index contributed by atoms with van der Waals surface area (Å²) in [5.41, 5.74) is 0. The number of aliphatic imine (C=N–C) groups is 1. The molecule has 1 aliphatic rings. The minimum atomic E-state index is 0. The first-order valence-electron chi connectivity index (χ1n) is 2.48. The molecule has 1 atom stereocenters. The number of rotatable bonds is 1. The summed E-state index contributed by atoms with van der Waals surface area (Å²) in [4.78, 5) is 3.90. The van der Waals surface area contributed by atoms with Crippen molar-refractivity contribution in [2.45, 2.75) is 0 Å². The van der Waals surface area contributed by atoms with Crippen LogP contribution in [0.1, 0.15) is 0 Å². The fraction of sp³-hybridized carbons (Fsp3) is 0.167. The Morgan fingerprint density at radius 2 is 2.33 bits per heavy atom. The molecule has 0 aromatic heterocycles. The van der Waals surface area contributed by atoms with Crippen LogP contribution in [0.25, 0.3) is 0 Å². The van der Waals surface area contributed by atoms with Crippen LogP contribution in [0, 0.1) is 0 Å². The summed E-state index contributed by atoms with van der Waals surface area (Å²) < 4.78 is 0.611. The molecule has 0 radical (unpaired) electrons. The van der Waals surface area contributed by atoms with Crippen molar-refractivity contribution in [3.63, 3.8) is 0 Å². The van der Waals surface area contributed by atoms with Crippen LogP contribution in [-0.2, 0) is 0 Å². The SMILES string of the molecule is C=C[N+]1(C)C=CN=C1.[Br-]. The van der Waals surface area contributed by atoms with Gasteiger partial charge < -0.3 is 17.0 Å². The number of halogens is 1. The normalized spacial score (nSPS) is 29.9. The first-order chi connectivity index (χ1) is 3.77. The number of hydrogen-bond acceptors (Lipinski definition) is 1. The summed E-state index contributed by atoms with van der Waals surface area (Å²) in [5, 5.41) is 0. The number of quaternary nitrogens is 1. The second-order valence-electron chi connectivity index (χ2n) is 1.97. The maximum atomic E-state index is 3.90. The molecule has 0 aromatic carbocycles. The highest BCUT2D eigenvalue weighted by molar-refractivity contribution is 5.51. The van der Waals surface area contributed by atoms with E-state index < -0.39 is 0 Å². The zero-order valence-electron chi connectivity index (χ0n) is 5.29. The van der Waals surface area contributed by atoms with E-state index in [0.717, 1.165) is 0 Å². The predicted octanol–water partition coefficient (Wildman–Crippen LogP) is -1.91. The number of hydrogen-bond donors (Lipinski definition) is 0. The van der Waals surface area contributed by atoms with Crippen molar-refractivity contribution in [3.05, 3.63) is 25.2 Å². The highest BCUT2D eigenvalue weighted by atomic mass is 79.9. The lowest BCUT2D eigenvalue weighted by atomic mass is 10.6. The van der Waals surface area contributed by atoms with Gasteiger partial charge in [-0.1, -0.05) is 0 Å². The van der Waals surface area contributed by atoms with E-state index >= 15 is 0 Å². The second kappa shape index (κ2) is 2.94. The van der Waals surface area contributed by atoms with Crippen LogP contribution < -0.4 is 17.0 Å². The van der Waals surface area contributed by atoms with Crippen molar-refractivity contribution < 1.29 is 21.5 Å². The minimum Gasteiger partial charge on any atom is -1.00 e. The minimum absolute atomic E-state index is 0. The summed E-state index contributed by atoms with van der Waals surface area (Å²) in [7, 11) is 2.00. The molecule has 0 N–H and O–H groups in total. The first kappa shape index (κ1) is 8.59. The van der Waals surface area contributed by atoms with E-state index in [0.29, 0.717) is 4.48 Å².